The van der Waals surface area contributed by atoms with Crippen molar-refractivity contribution >= 4 is 0 Å². The van der Waals surface area contributed by atoms with Gasteiger partial charge in [0.25, 0.3) is 0 Å². The van der Waals surface area contributed by atoms with Crippen molar-refractivity contribution < 1.29 is 9.50 Å². The van der Waals surface area contributed by atoms with E-state index >= 15 is 0 Å². The van der Waals surface area contributed by atoms with E-state index in [0.717, 1.165) is 37.1 Å². The van der Waals surface area contributed by atoms with Crippen LogP contribution in [0.2, 0.25) is 0 Å². The Kier molecular flexibility index (Phi) is 3.11. The van der Waals surface area contributed by atoms with Gasteiger partial charge >= 0.3 is 0 Å². The highest BCUT2D eigenvalue weighted by atomic mass is 19.1. The van der Waals surface area contributed by atoms with Crippen LogP contribution < -0.4 is 0 Å². The monoisotopic (exact) mass is 260 g/mol. The first-order chi connectivity index (χ1) is 9.18. The number of nitrogens with zero attached hydrogens (tertiary/aromatic N) is 2. The van der Waals surface area contributed by atoms with Crippen LogP contribution in [0.1, 0.15) is 42.8 Å². The molecule has 4 heteroatoms. The lowest BCUT2D eigenvalue weighted by molar-refractivity contribution is 0.198. The first-order valence-electron chi connectivity index (χ1n) is 6.70. The minimum Gasteiger partial charge on any atom is -0.389 e. The highest BCUT2D eigenvalue weighted by Gasteiger charge is 2.21. The first kappa shape index (κ1) is 12.4. The number of rotatable bonds is 2. The van der Waals surface area contributed by atoms with Crippen LogP contribution in [0, 0.1) is 5.82 Å². The second kappa shape index (κ2) is 4.78. The molecular weight excluding hydrogens is 243 g/mol. The summed E-state index contributed by atoms with van der Waals surface area (Å²) in [6.45, 7) is 1.65. The fourth-order valence-corrected chi connectivity index (χ4v) is 2.79. The van der Waals surface area contributed by atoms with Crippen LogP contribution in [0.5, 0.6) is 0 Å². The Morgan fingerprint density at radius 1 is 1.32 bits per heavy atom. The molecule has 1 atom stereocenters. The van der Waals surface area contributed by atoms with Gasteiger partial charge in [-0.05, 0) is 38.7 Å². The predicted molar refractivity (Wildman–Crippen MR) is 70.8 cm³/mol. The minimum atomic E-state index is -0.702. The third-order valence-electron chi connectivity index (χ3n) is 3.74. The summed E-state index contributed by atoms with van der Waals surface area (Å²) in [6, 6.07) is 4.82. The number of hydrogen-bond donors (Lipinski definition) is 1. The zero-order chi connectivity index (χ0) is 13.4. The van der Waals surface area contributed by atoms with Crippen molar-refractivity contribution in [3.63, 3.8) is 0 Å². The summed E-state index contributed by atoms with van der Waals surface area (Å²) in [5.41, 5.74) is 3.18. The Balaban J connectivity index is 2.19. The molecule has 0 aliphatic heterocycles. The molecule has 0 bridgehead atoms. The van der Waals surface area contributed by atoms with Gasteiger partial charge < -0.3 is 5.11 Å². The standard InChI is InChI=1S/C15H17FN2O/c1-10(19)11-5-4-6-12(16)15(11)18-9-17-13-7-2-3-8-14(13)18/h4-6,9-10,19H,2-3,7-8H2,1H3/t10-/m1/s1. The summed E-state index contributed by atoms with van der Waals surface area (Å²) in [7, 11) is 0. The van der Waals surface area contributed by atoms with Crippen molar-refractivity contribution in [1.29, 1.82) is 0 Å². The van der Waals surface area contributed by atoms with Gasteiger partial charge in [-0.2, -0.15) is 0 Å². The molecule has 100 valence electrons. The summed E-state index contributed by atoms with van der Waals surface area (Å²) >= 11 is 0. The highest BCUT2D eigenvalue weighted by molar-refractivity contribution is 5.46. The van der Waals surface area contributed by atoms with Crippen molar-refractivity contribution in [2.24, 2.45) is 0 Å². The van der Waals surface area contributed by atoms with Crippen LogP contribution in [0.4, 0.5) is 4.39 Å². The number of benzene rings is 1. The Bertz CT molecular complexity index is 604. The Hall–Kier alpha value is -1.68. The first-order valence-corrected chi connectivity index (χ1v) is 6.70. The molecule has 0 radical (unpaired) electrons. The van der Waals surface area contributed by atoms with Gasteiger partial charge in [0.2, 0.25) is 0 Å². The zero-order valence-corrected chi connectivity index (χ0v) is 10.9. The van der Waals surface area contributed by atoms with Crippen molar-refractivity contribution in [1.82, 2.24) is 9.55 Å². The quantitative estimate of drug-likeness (QED) is 0.901. The van der Waals surface area contributed by atoms with Gasteiger partial charge in [0.05, 0.1) is 23.8 Å². The molecule has 0 amide bonds. The van der Waals surface area contributed by atoms with Gasteiger partial charge in [-0.25, -0.2) is 9.37 Å². The smallest absolute Gasteiger partial charge is 0.147 e. The van der Waals surface area contributed by atoms with E-state index in [2.05, 4.69) is 4.98 Å². The number of para-hydroxylation sites is 1. The maximum Gasteiger partial charge on any atom is 0.147 e. The van der Waals surface area contributed by atoms with Gasteiger partial charge in [-0.3, -0.25) is 4.57 Å². The fraction of sp³-hybridized carbons (Fsp3) is 0.400. The topological polar surface area (TPSA) is 38.0 Å². The van der Waals surface area contributed by atoms with Crippen molar-refractivity contribution in [2.45, 2.75) is 38.7 Å². The molecule has 1 heterocycles. The molecule has 0 saturated carbocycles. The number of aliphatic hydroxyl groups is 1. The number of aromatic nitrogens is 2. The number of aryl methyl sites for hydroxylation is 1. The van der Waals surface area contributed by atoms with E-state index in [4.69, 9.17) is 0 Å². The molecule has 1 aliphatic rings. The Labute approximate surface area is 111 Å². The molecule has 3 nitrogen and oxygen atoms in total. The largest absolute Gasteiger partial charge is 0.389 e. The number of halogens is 1. The summed E-state index contributed by atoms with van der Waals surface area (Å²) in [6.07, 6.45) is 5.11. The molecule has 19 heavy (non-hydrogen) atoms. The normalized spacial score (nSPS) is 16.2. The van der Waals surface area contributed by atoms with Crippen LogP contribution in [0.15, 0.2) is 24.5 Å². The number of fused-ring (bicyclic) bond motifs is 1. The van der Waals surface area contributed by atoms with Crippen LogP contribution in [-0.2, 0) is 12.8 Å². The second-order valence-electron chi connectivity index (χ2n) is 5.07. The average molecular weight is 260 g/mol. The zero-order valence-electron chi connectivity index (χ0n) is 10.9. The molecule has 1 aromatic heterocycles. The summed E-state index contributed by atoms with van der Waals surface area (Å²) in [5.74, 6) is -0.316. The van der Waals surface area contributed by atoms with Crippen LogP contribution >= 0.6 is 0 Å². The summed E-state index contributed by atoms with van der Waals surface area (Å²) in [5, 5.41) is 9.83. The average Bonchev–Trinajstić information content (AvgIpc) is 2.82. The van der Waals surface area contributed by atoms with E-state index < -0.39 is 6.10 Å². The molecule has 0 unspecified atom stereocenters. The van der Waals surface area contributed by atoms with E-state index in [1.165, 1.54) is 6.07 Å². The molecule has 2 aromatic rings. The lowest BCUT2D eigenvalue weighted by Gasteiger charge is -2.18. The predicted octanol–water partition coefficient (Wildman–Crippen LogP) is 2.94. The molecule has 0 saturated heterocycles. The summed E-state index contributed by atoms with van der Waals surface area (Å²) < 4.78 is 16.0. The SMILES string of the molecule is C[C@@H](O)c1cccc(F)c1-n1cnc2c1CCCC2. The molecular formula is C15H17FN2O. The highest BCUT2D eigenvalue weighted by Crippen LogP contribution is 2.29. The van der Waals surface area contributed by atoms with E-state index in [9.17, 15) is 9.50 Å². The van der Waals surface area contributed by atoms with E-state index in [1.807, 2.05) is 4.57 Å². The van der Waals surface area contributed by atoms with Gasteiger partial charge in [0, 0.05) is 11.3 Å². The van der Waals surface area contributed by atoms with Gasteiger partial charge in [-0.1, -0.05) is 12.1 Å². The Morgan fingerprint density at radius 2 is 2.11 bits per heavy atom. The van der Waals surface area contributed by atoms with Crippen LogP contribution in [0.3, 0.4) is 0 Å². The second-order valence-corrected chi connectivity index (χ2v) is 5.07. The molecule has 3 rings (SSSR count). The molecule has 1 aromatic carbocycles. The third-order valence-corrected chi connectivity index (χ3v) is 3.74. The van der Waals surface area contributed by atoms with Gasteiger partial charge in [0.15, 0.2) is 0 Å². The Morgan fingerprint density at radius 3 is 2.89 bits per heavy atom. The number of aliphatic hydroxyl groups excluding tert-OH is 1. The fourth-order valence-electron chi connectivity index (χ4n) is 2.79. The van der Waals surface area contributed by atoms with E-state index in [1.54, 1.807) is 25.4 Å². The van der Waals surface area contributed by atoms with Crippen molar-refractivity contribution in [2.75, 3.05) is 0 Å². The minimum absolute atomic E-state index is 0.316. The lowest BCUT2D eigenvalue weighted by atomic mass is 10.0. The van der Waals surface area contributed by atoms with Crippen molar-refractivity contribution in [3.8, 4) is 5.69 Å². The number of hydrogen-bond acceptors (Lipinski definition) is 2. The number of imidazole rings is 1. The van der Waals surface area contributed by atoms with Gasteiger partial charge in [-0.15, -0.1) is 0 Å². The lowest BCUT2D eigenvalue weighted by Crippen LogP contribution is -2.11. The molecule has 0 spiro atoms. The maximum atomic E-state index is 14.2. The van der Waals surface area contributed by atoms with E-state index in [0.29, 0.717) is 11.3 Å². The summed E-state index contributed by atoms with van der Waals surface area (Å²) in [4.78, 5) is 4.39. The van der Waals surface area contributed by atoms with Crippen LogP contribution in [-0.4, -0.2) is 14.7 Å². The third kappa shape index (κ3) is 2.06. The maximum absolute atomic E-state index is 14.2. The van der Waals surface area contributed by atoms with Crippen LogP contribution in [0.25, 0.3) is 5.69 Å². The molecule has 1 N–H and O–H groups in total. The molecule has 0 fully saturated rings. The van der Waals surface area contributed by atoms with E-state index in [-0.39, 0.29) is 5.82 Å². The molecule has 1 aliphatic carbocycles. The van der Waals surface area contributed by atoms with Crippen molar-refractivity contribution in [3.05, 3.63) is 47.3 Å². The van der Waals surface area contributed by atoms with Gasteiger partial charge in [0.1, 0.15) is 5.82 Å².